The van der Waals surface area contributed by atoms with E-state index in [4.69, 9.17) is 16.9 Å². The highest BCUT2D eigenvalue weighted by atomic mass is 35.5. The molecule has 0 heterocycles. The summed E-state index contributed by atoms with van der Waals surface area (Å²) in [6, 6.07) is 6.06. The summed E-state index contributed by atoms with van der Waals surface area (Å²) in [4.78, 5) is 9.94. The number of benzene rings is 1. The quantitative estimate of drug-likeness (QED) is 0.557. The lowest BCUT2D eigenvalue weighted by molar-refractivity contribution is -0.384. The fraction of sp³-hybridized carbons (Fsp3) is 0.222. The molecular weight excluding hydrogens is 204 g/mol. The van der Waals surface area contributed by atoms with Crippen LogP contribution in [0.1, 0.15) is 18.4 Å². The number of halogens is 1. The SMILES string of the molecule is CC(C#N)c1cc([N+](=O)[O-])ccc1Cl. The number of rotatable bonds is 2. The number of non-ortho nitro benzene ring substituents is 1. The molecule has 1 rings (SSSR count). The molecule has 4 nitrogen and oxygen atoms in total. The highest BCUT2D eigenvalue weighted by molar-refractivity contribution is 6.31. The molecule has 0 bridgehead atoms. The van der Waals surface area contributed by atoms with Gasteiger partial charge in [-0.25, -0.2) is 0 Å². The number of nitro groups is 1. The molecule has 1 unspecified atom stereocenters. The average molecular weight is 211 g/mol. The molecule has 1 aromatic rings. The first kappa shape index (κ1) is 10.5. The zero-order valence-electron chi connectivity index (χ0n) is 7.40. The van der Waals surface area contributed by atoms with Gasteiger partial charge in [0.05, 0.1) is 16.9 Å². The molecule has 0 saturated carbocycles. The Hall–Kier alpha value is -1.60. The Labute approximate surface area is 85.9 Å². The van der Waals surface area contributed by atoms with Crippen LogP contribution >= 0.6 is 11.6 Å². The number of nitro benzene ring substituents is 1. The molecule has 0 radical (unpaired) electrons. The van der Waals surface area contributed by atoms with Gasteiger partial charge in [0.15, 0.2) is 0 Å². The van der Waals surface area contributed by atoms with Gasteiger partial charge < -0.3 is 0 Å². The highest BCUT2D eigenvalue weighted by Gasteiger charge is 2.14. The van der Waals surface area contributed by atoms with Crippen LogP contribution in [-0.4, -0.2) is 4.92 Å². The van der Waals surface area contributed by atoms with Crippen molar-refractivity contribution in [1.82, 2.24) is 0 Å². The molecule has 0 fully saturated rings. The third-order valence-corrected chi connectivity index (χ3v) is 2.19. The maximum Gasteiger partial charge on any atom is 0.269 e. The van der Waals surface area contributed by atoms with Gasteiger partial charge >= 0.3 is 0 Å². The second kappa shape index (κ2) is 4.07. The maximum absolute atomic E-state index is 10.5. The van der Waals surface area contributed by atoms with E-state index in [1.54, 1.807) is 6.92 Å². The van der Waals surface area contributed by atoms with Crippen molar-refractivity contribution in [3.05, 3.63) is 38.9 Å². The van der Waals surface area contributed by atoms with Crippen LogP contribution in [0.15, 0.2) is 18.2 Å². The minimum Gasteiger partial charge on any atom is -0.258 e. The third kappa shape index (κ3) is 2.01. The third-order valence-electron chi connectivity index (χ3n) is 1.85. The number of hydrogen-bond donors (Lipinski definition) is 0. The molecule has 1 aromatic carbocycles. The Bertz CT molecular complexity index is 412. The summed E-state index contributed by atoms with van der Waals surface area (Å²) < 4.78 is 0. The smallest absolute Gasteiger partial charge is 0.258 e. The van der Waals surface area contributed by atoms with Crippen molar-refractivity contribution in [3.63, 3.8) is 0 Å². The van der Waals surface area contributed by atoms with Gasteiger partial charge in [-0.05, 0) is 18.6 Å². The summed E-state index contributed by atoms with van der Waals surface area (Å²) in [5, 5.41) is 19.5. The normalized spacial score (nSPS) is 11.8. The van der Waals surface area contributed by atoms with E-state index in [2.05, 4.69) is 0 Å². The van der Waals surface area contributed by atoms with Crippen LogP contribution in [-0.2, 0) is 0 Å². The minimum atomic E-state index is -0.510. The van der Waals surface area contributed by atoms with Gasteiger partial charge in [0.1, 0.15) is 0 Å². The first-order valence-corrected chi connectivity index (χ1v) is 4.27. The predicted octanol–water partition coefficient (Wildman–Crippen LogP) is 2.88. The molecule has 5 heteroatoms. The average Bonchev–Trinajstić information content (AvgIpc) is 2.17. The van der Waals surface area contributed by atoms with E-state index in [0.29, 0.717) is 10.6 Å². The lowest BCUT2D eigenvalue weighted by atomic mass is 10.0. The topological polar surface area (TPSA) is 66.9 Å². The summed E-state index contributed by atoms with van der Waals surface area (Å²) in [7, 11) is 0. The Morgan fingerprint density at radius 2 is 2.29 bits per heavy atom. The number of hydrogen-bond acceptors (Lipinski definition) is 3. The van der Waals surface area contributed by atoms with E-state index < -0.39 is 10.8 Å². The van der Waals surface area contributed by atoms with Gasteiger partial charge in [0.2, 0.25) is 0 Å². The highest BCUT2D eigenvalue weighted by Crippen LogP contribution is 2.27. The zero-order valence-corrected chi connectivity index (χ0v) is 8.15. The van der Waals surface area contributed by atoms with Crippen molar-refractivity contribution in [2.24, 2.45) is 0 Å². The summed E-state index contributed by atoms with van der Waals surface area (Å²) in [5.74, 6) is -0.442. The van der Waals surface area contributed by atoms with Gasteiger partial charge in [-0.15, -0.1) is 0 Å². The largest absolute Gasteiger partial charge is 0.269 e. The fourth-order valence-corrected chi connectivity index (χ4v) is 1.33. The van der Waals surface area contributed by atoms with Crippen molar-refractivity contribution in [2.75, 3.05) is 0 Å². The molecule has 0 aliphatic heterocycles. The predicted molar refractivity (Wildman–Crippen MR) is 52.1 cm³/mol. The monoisotopic (exact) mass is 210 g/mol. The number of nitriles is 1. The molecule has 0 aliphatic carbocycles. The molecule has 14 heavy (non-hydrogen) atoms. The molecule has 0 spiro atoms. The van der Waals surface area contributed by atoms with Gasteiger partial charge in [-0.3, -0.25) is 10.1 Å². The number of nitrogens with zero attached hydrogens (tertiary/aromatic N) is 2. The Morgan fingerprint density at radius 1 is 1.64 bits per heavy atom. The van der Waals surface area contributed by atoms with E-state index in [-0.39, 0.29) is 5.69 Å². The first-order chi connectivity index (χ1) is 6.56. The van der Waals surface area contributed by atoms with Crippen LogP contribution in [0.25, 0.3) is 0 Å². The molecule has 1 atom stereocenters. The fourth-order valence-electron chi connectivity index (χ4n) is 1.05. The Kier molecular flexibility index (Phi) is 3.05. The van der Waals surface area contributed by atoms with E-state index in [1.165, 1.54) is 18.2 Å². The van der Waals surface area contributed by atoms with Gasteiger partial charge in [0.25, 0.3) is 5.69 Å². The van der Waals surface area contributed by atoms with E-state index in [1.807, 2.05) is 6.07 Å². The molecule has 0 amide bonds. The summed E-state index contributed by atoms with van der Waals surface area (Å²) >= 11 is 5.80. The van der Waals surface area contributed by atoms with Crippen molar-refractivity contribution in [3.8, 4) is 6.07 Å². The second-order valence-corrected chi connectivity index (χ2v) is 3.22. The summed E-state index contributed by atoms with van der Waals surface area (Å²) in [6.07, 6.45) is 0. The van der Waals surface area contributed by atoms with Crippen LogP contribution in [0, 0.1) is 21.4 Å². The summed E-state index contributed by atoms with van der Waals surface area (Å²) in [5.41, 5.74) is 0.440. The maximum atomic E-state index is 10.5. The molecule has 0 saturated heterocycles. The zero-order chi connectivity index (χ0) is 10.7. The van der Waals surface area contributed by atoms with Crippen molar-refractivity contribution < 1.29 is 4.92 Å². The van der Waals surface area contributed by atoms with Crippen LogP contribution in [0.4, 0.5) is 5.69 Å². The molecule has 0 N–H and O–H groups in total. The first-order valence-electron chi connectivity index (χ1n) is 3.89. The van der Waals surface area contributed by atoms with E-state index in [0.717, 1.165) is 0 Å². The van der Waals surface area contributed by atoms with Crippen molar-refractivity contribution in [2.45, 2.75) is 12.8 Å². The van der Waals surface area contributed by atoms with E-state index in [9.17, 15) is 10.1 Å². The molecule has 0 aromatic heterocycles. The molecule has 0 aliphatic rings. The lowest BCUT2D eigenvalue weighted by Crippen LogP contribution is -1.94. The Morgan fingerprint density at radius 3 is 2.79 bits per heavy atom. The van der Waals surface area contributed by atoms with Crippen molar-refractivity contribution >= 4 is 17.3 Å². The van der Waals surface area contributed by atoms with Gasteiger partial charge in [-0.1, -0.05) is 11.6 Å². The second-order valence-electron chi connectivity index (χ2n) is 2.81. The standard InChI is InChI=1S/C9H7ClN2O2/c1-6(5-11)8-4-7(12(13)14)2-3-9(8)10/h2-4,6H,1H3. The van der Waals surface area contributed by atoms with Gasteiger partial charge in [0, 0.05) is 17.2 Å². The van der Waals surface area contributed by atoms with Crippen molar-refractivity contribution in [1.29, 1.82) is 5.26 Å². The van der Waals surface area contributed by atoms with Gasteiger partial charge in [-0.2, -0.15) is 5.26 Å². The van der Waals surface area contributed by atoms with Crippen LogP contribution in [0.3, 0.4) is 0 Å². The van der Waals surface area contributed by atoms with Crippen LogP contribution in [0.5, 0.6) is 0 Å². The van der Waals surface area contributed by atoms with Crippen LogP contribution < -0.4 is 0 Å². The molecular formula is C9H7ClN2O2. The lowest BCUT2D eigenvalue weighted by Gasteiger charge is -2.04. The Balaban J connectivity index is 3.23. The summed E-state index contributed by atoms with van der Waals surface area (Å²) in [6.45, 7) is 1.64. The molecule has 72 valence electrons. The van der Waals surface area contributed by atoms with Crippen LogP contribution in [0.2, 0.25) is 5.02 Å². The minimum absolute atomic E-state index is 0.0495. The van der Waals surface area contributed by atoms with E-state index >= 15 is 0 Å².